The molecule has 4 heteroatoms. The first-order valence-corrected chi connectivity index (χ1v) is 7.69. The summed E-state index contributed by atoms with van der Waals surface area (Å²) < 4.78 is 2.12. The van der Waals surface area contributed by atoms with Gasteiger partial charge >= 0.3 is 0 Å². The van der Waals surface area contributed by atoms with E-state index in [0.29, 0.717) is 18.0 Å². The monoisotopic (exact) mass is 264 g/mol. The quantitative estimate of drug-likeness (QED) is 0.560. The van der Waals surface area contributed by atoms with Crippen molar-refractivity contribution >= 4 is 0 Å². The summed E-state index contributed by atoms with van der Waals surface area (Å²) in [5.41, 5.74) is 4.14. The largest absolute Gasteiger partial charge is 0.271 e. The Balaban J connectivity index is 1.97. The standard InChI is InChI=1S/C15H28N4/c1-4-14(5-2)19-9-8-13(18-19)10-15(17-16)11(3)12-6-7-12/h8-9,11-12,14-15,17H,4-7,10,16H2,1-3H3. The molecule has 1 aromatic rings. The maximum Gasteiger partial charge on any atom is 0.0640 e. The lowest BCUT2D eigenvalue weighted by molar-refractivity contribution is 0.339. The van der Waals surface area contributed by atoms with Gasteiger partial charge in [-0.25, -0.2) is 0 Å². The molecule has 1 saturated carbocycles. The van der Waals surface area contributed by atoms with Crippen LogP contribution >= 0.6 is 0 Å². The van der Waals surface area contributed by atoms with Crippen LogP contribution in [0, 0.1) is 11.8 Å². The highest BCUT2D eigenvalue weighted by molar-refractivity contribution is 5.04. The number of rotatable bonds is 8. The van der Waals surface area contributed by atoms with Crippen LogP contribution in [0.3, 0.4) is 0 Å². The van der Waals surface area contributed by atoms with Gasteiger partial charge in [0, 0.05) is 18.7 Å². The summed E-state index contributed by atoms with van der Waals surface area (Å²) >= 11 is 0. The van der Waals surface area contributed by atoms with Crippen molar-refractivity contribution in [3.63, 3.8) is 0 Å². The third-order valence-electron chi connectivity index (χ3n) is 4.62. The lowest BCUT2D eigenvalue weighted by atomic mass is 9.93. The fourth-order valence-electron chi connectivity index (χ4n) is 2.92. The lowest BCUT2D eigenvalue weighted by Gasteiger charge is -2.22. The summed E-state index contributed by atoms with van der Waals surface area (Å²) in [6, 6.07) is 3.01. The number of aromatic nitrogens is 2. The molecule has 1 aromatic heterocycles. The van der Waals surface area contributed by atoms with Crippen LogP contribution in [0.2, 0.25) is 0 Å². The van der Waals surface area contributed by atoms with E-state index in [0.717, 1.165) is 30.9 Å². The van der Waals surface area contributed by atoms with Crippen molar-refractivity contribution in [1.29, 1.82) is 0 Å². The second-order valence-corrected chi connectivity index (χ2v) is 5.93. The van der Waals surface area contributed by atoms with Crippen LogP contribution in [-0.2, 0) is 6.42 Å². The van der Waals surface area contributed by atoms with Crippen LogP contribution in [0.25, 0.3) is 0 Å². The molecule has 0 aliphatic heterocycles. The summed E-state index contributed by atoms with van der Waals surface area (Å²) in [4.78, 5) is 0. The van der Waals surface area contributed by atoms with Crippen molar-refractivity contribution in [2.75, 3.05) is 0 Å². The van der Waals surface area contributed by atoms with Gasteiger partial charge in [0.2, 0.25) is 0 Å². The first-order chi connectivity index (χ1) is 9.19. The lowest BCUT2D eigenvalue weighted by Crippen LogP contribution is -2.42. The number of nitrogens with one attached hydrogen (secondary N) is 1. The summed E-state index contributed by atoms with van der Waals surface area (Å²) in [5, 5.41) is 4.72. The van der Waals surface area contributed by atoms with Gasteiger partial charge in [-0.05, 0) is 43.6 Å². The van der Waals surface area contributed by atoms with E-state index >= 15 is 0 Å². The molecule has 108 valence electrons. The first-order valence-electron chi connectivity index (χ1n) is 7.69. The van der Waals surface area contributed by atoms with Crippen LogP contribution in [0.5, 0.6) is 0 Å². The maximum absolute atomic E-state index is 5.72. The SMILES string of the molecule is CCC(CC)n1ccc(CC(NN)C(C)C2CC2)n1. The molecule has 2 atom stereocenters. The zero-order valence-electron chi connectivity index (χ0n) is 12.5. The molecule has 0 amide bonds. The van der Waals surface area contributed by atoms with Gasteiger partial charge in [-0.3, -0.25) is 16.0 Å². The number of hydrogen-bond acceptors (Lipinski definition) is 3. The fraction of sp³-hybridized carbons (Fsp3) is 0.800. The Bertz CT molecular complexity index is 379. The minimum atomic E-state index is 0.345. The van der Waals surface area contributed by atoms with Crippen LogP contribution in [0.15, 0.2) is 12.3 Å². The van der Waals surface area contributed by atoms with Crippen LogP contribution < -0.4 is 11.3 Å². The molecular formula is C15H28N4. The molecule has 2 rings (SSSR count). The smallest absolute Gasteiger partial charge is 0.0640 e. The molecule has 0 radical (unpaired) electrons. The third kappa shape index (κ3) is 3.57. The normalized spacial score (nSPS) is 18.8. The summed E-state index contributed by atoms with van der Waals surface area (Å²) in [6.45, 7) is 6.74. The molecule has 1 fully saturated rings. The number of hydrogen-bond donors (Lipinski definition) is 2. The second kappa shape index (κ2) is 6.53. The zero-order chi connectivity index (χ0) is 13.8. The predicted octanol–water partition coefficient (Wildman–Crippen LogP) is 2.66. The van der Waals surface area contributed by atoms with Crippen molar-refractivity contribution < 1.29 is 0 Å². The van der Waals surface area contributed by atoms with Crippen molar-refractivity contribution in [3.8, 4) is 0 Å². The molecule has 0 bridgehead atoms. The van der Waals surface area contributed by atoms with Crippen molar-refractivity contribution in [3.05, 3.63) is 18.0 Å². The van der Waals surface area contributed by atoms with Gasteiger partial charge in [0.25, 0.3) is 0 Å². The molecule has 1 aliphatic carbocycles. The molecule has 0 saturated heterocycles. The summed E-state index contributed by atoms with van der Waals surface area (Å²) in [5.74, 6) is 7.23. The third-order valence-corrected chi connectivity index (χ3v) is 4.62. The highest BCUT2D eigenvalue weighted by Gasteiger charge is 2.33. The minimum absolute atomic E-state index is 0.345. The summed E-state index contributed by atoms with van der Waals surface area (Å²) in [6.07, 6.45) is 8.04. The van der Waals surface area contributed by atoms with E-state index in [1.165, 1.54) is 12.8 Å². The van der Waals surface area contributed by atoms with E-state index in [4.69, 9.17) is 10.9 Å². The molecule has 3 N–H and O–H groups in total. The predicted molar refractivity (Wildman–Crippen MR) is 78.5 cm³/mol. The molecule has 2 unspecified atom stereocenters. The van der Waals surface area contributed by atoms with Gasteiger partial charge in [0.05, 0.1) is 11.7 Å². The average Bonchev–Trinajstić information content (AvgIpc) is 3.18. The molecular weight excluding hydrogens is 236 g/mol. The van der Waals surface area contributed by atoms with Crippen LogP contribution in [0.4, 0.5) is 0 Å². The van der Waals surface area contributed by atoms with E-state index in [1.807, 2.05) is 0 Å². The van der Waals surface area contributed by atoms with Gasteiger partial charge in [-0.15, -0.1) is 0 Å². The summed E-state index contributed by atoms with van der Waals surface area (Å²) in [7, 11) is 0. The average molecular weight is 264 g/mol. The van der Waals surface area contributed by atoms with E-state index in [9.17, 15) is 0 Å². The Morgan fingerprint density at radius 2 is 2.11 bits per heavy atom. The van der Waals surface area contributed by atoms with E-state index in [2.05, 4.69) is 43.1 Å². The Hall–Kier alpha value is -0.870. The first kappa shape index (κ1) is 14.5. The van der Waals surface area contributed by atoms with Gasteiger partial charge in [0.15, 0.2) is 0 Å². The molecule has 4 nitrogen and oxygen atoms in total. The maximum atomic E-state index is 5.72. The van der Waals surface area contributed by atoms with Gasteiger partial charge < -0.3 is 0 Å². The van der Waals surface area contributed by atoms with Crippen molar-refractivity contribution in [2.45, 2.75) is 65.0 Å². The topological polar surface area (TPSA) is 55.9 Å². The molecule has 0 spiro atoms. The Morgan fingerprint density at radius 1 is 1.42 bits per heavy atom. The molecule has 1 heterocycles. The number of nitrogens with zero attached hydrogens (tertiary/aromatic N) is 2. The molecule has 19 heavy (non-hydrogen) atoms. The van der Waals surface area contributed by atoms with Gasteiger partial charge in [-0.2, -0.15) is 5.10 Å². The Labute approximate surface area is 116 Å². The van der Waals surface area contributed by atoms with E-state index in [1.54, 1.807) is 0 Å². The van der Waals surface area contributed by atoms with Gasteiger partial charge in [0.1, 0.15) is 0 Å². The Morgan fingerprint density at radius 3 is 2.63 bits per heavy atom. The number of nitrogens with two attached hydrogens (primary N) is 1. The Kier molecular flexibility index (Phi) is 4.99. The zero-order valence-corrected chi connectivity index (χ0v) is 12.5. The van der Waals surface area contributed by atoms with Crippen LogP contribution in [-0.4, -0.2) is 15.8 Å². The second-order valence-electron chi connectivity index (χ2n) is 5.93. The highest BCUT2D eigenvalue weighted by Crippen LogP contribution is 2.38. The molecule has 1 aliphatic rings. The van der Waals surface area contributed by atoms with Crippen molar-refractivity contribution in [2.24, 2.45) is 17.7 Å². The van der Waals surface area contributed by atoms with Crippen molar-refractivity contribution in [1.82, 2.24) is 15.2 Å². The van der Waals surface area contributed by atoms with Gasteiger partial charge in [-0.1, -0.05) is 20.8 Å². The highest BCUT2D eigenvalue weighted by atomic mass is 15.3. The molecule has 0 aromatic carbocycles. The number of hydrazine groups is 1. The van der Waals surface area contributed by atoms with E-state index in [-0.39, 0.29) is 0 Å². The van der Waals surface area contributed by atoms with Crippen LogP contribution in [0.1, 0.15) is 58.2 Å². The minimum Gasteiger partial charge on any atom is -0.271 e. The fourth-order valence-corrected chi connectivity index (χ4v) is 2.92. The van der Waals surface area contributed by atoms with E-state index < -0.39 is 0 Å².